The number of carbonyl (C=O) groups is 1. The number of pyridine rings is 1. The Morgan fingerprint density at radius 3 is 2.90 bits per heavy atom. The number of hydrogen-bond acceptors (Lipinski definition) is 3. The van der Waals surface area contributed by atoms with Gasteiger partial charge in [0.1, 0.15) is 5.60 Å². The summed E-state index contributed by atoms with van der Waals surface area (Å²) in [6.45, 7) is 7.23. The average Bonchev–Trinajstić information content (AvgIpc) is 2.80. The molecule has 0 saturated carbocycles. The van der Waals surface area contributed by atoms with Gasteiger partial charge in [0.05, 0.1) is 0 Å². The van der Waals surface area contributed by atoms with Gasteiger partial charge in [-0.3, -0.25) is 4.98 Å². The first-order chi connectivity index (χ1) is 9.83. The molecule has 5 heteroatoms. The molecule has 1 saturated heterocycles. The van der Waals surface area contributed by atoms with Crippen molar-refractivity contribution in [2.45, 2.75) is 45.1 Å². The van der Waals surface area contributed by atoms with E-state index in [2.05, 4.69) is 27.0 Å². The van der Waals surface area contributed by atoms with Crippen molar-refractivity contribution in [1.82, 2.24) is 9.88 Å². The standard InChI is InChI=1S/C16H21BrN2O2/c1-16(2,3)21-15(20)19-8-11-5-4-10-6-12(17)7-18-14(10)13(11)9-19/h6-7,11,13H,4-5,8-9H2,1-3H3. The molecule has 1 aromatic rings. The van der Waals surface area contributed by atoms with E-state index in [0.717, 1.165) is 30.4 Å². The number of carbonyl (C=O) groups excluding carboxylic acids is 1. The van der Waals surface area contributed by atoms with E-state index in [-0.39, 0.29) is 6.09 Å². The Bertz CT molecular complexity index is 568. The Kier molecular flexibility index (Phi) is 3.72. The van der Waals surface area contributed by atoms with Crippen LogP contribution in [0.15, 0.2) is 16.7 Å². The maximum Gasteiger partial charge on any atom is 0.410 e. The van der Waals surface area contributed by atoms with Gasteiger partial charge in [-0.2, -0.15) is 0 Å². The summed E-state index contributed by atoms with van der Waals surface area (Å²) in [4.78, 5) is 18.7. The van der Waals surface area contributed by atoms with Crippen LogP contribution in [0.25, 0.3) is 0 Å². The number of rotatable bonds is 0. The zero-order chi connectivity index (χ0) is 15.2. The molecule has 0 radical (unpaired) electrons. The van der Waals surface area contributed by atoms with Gasteiger partial charge in [0.2, 0.25) is 0 Å². The molecule has 4 nitrogen and oxygen atoms in total. The lowest BCUT2D eigenvalue weighted by molar-refractivity contribution is 0.0286. The normalized spacial score (nSPS) is 24.5. The van der Waals surface area contributed by atoms with Crippen LogP contribution in [0.4, 0.5) is 4.79 Å². The molecule has 0 aromatic carbocycles. The van der Waals surface area contributed by atoms with Crippen molar-refractivity contribution in [3.8, 4) is 0 Å². The van der Waals surface area contributed by atoms with Crippen LogP contribution in [0, 0.1) is 5.92 Å². The second-order valence-electron chi connectivity index (χ2n) is 6.99. The van der Waals surface area contributed by atoms with Gasteiger partial charge < -0.3 is 9.64 Å². The van der Waals surface area contributed by atoms with Gasteiger partial charge in [0.25, 0.3) is 0 Å². The second-order valence-corrected chi connectivity index (χ2v) is 7.90. The van der Waals surface area contributed by atoms with Crippen molar-refractivity contribution in [3.05, 3.63) is 28.0 Å². The van der Waals surface area contributed by atoms with Crippen LogP contribution in [0.1, 0.15) is 44.4 Å². The average molecular weight is 353 g/mol. The summed E-state index contributed by atoms with van der Waals surface area (Å²) in [7, 11) is 0. The molecule has 2 aliphatic rings. The maximum atomic E-state index is 12.2. The Hall–Kier alpha value is -1.10. The van der Waals surface area contributed by atoms with E-state index < -0.39 is 5.60 Å². The third-order valence-corrected chi connectivity index (χ3v) is 4.63. The van der Waals surface area contributed by atoms with Crippen LogP contribution < -0.4 is 0 Å². The minimum absolute atomic E-state index is 0.199. The molecule has 114 valence electrons. The molecule has 1 aliphatic carbocycles. The highest BCUT2D eigenvalue weighted by atomic mass is 79.9. The van der Waals surface area contributed by atoms with Gasteiger partial charge >= 0.3 is 6.09 Å². The van der Waals surface area contributed by atoms with Crippen LogP contribution >= 0.6 is 15.9 Å². The maximum absolute atomic E-state index is 12.2. The number of hydrogen-bond donors (Lipinski definition) is 0. The predicted molar refractivity (Wildman–Crippen MR) is 84.3 cm³/mol. The van der Waals surface area contributed by atoms with Gasteiger partial charge in [-0.05, 0) is 67.1 Å². The molecule has 21 heavy (non-hydrogen) atoms. The second kappa shape index (κ2) is 5.27. The van der Waals surface area contributed by atoms with Gasteiger partial charge in [-0.25, -0.2) is 4.79 Å². The molecule has 0 bridgehead atoms. The summed E-state index contributed by atoms with van der Waals surface area (Å²) in [5.74, 6) is 0.869. The summed E-state index contributed by atoms with van der Waals surface area (Å²) in [6, 6.07) is 2.16. The van der Waals surface area contributed by atoms with E-state index >= 15 is 0 Å². The van der Waals surface area contributed by atoms with Crippen LogP contribution in [-0.4, -0.2) is 34.7 Å². The quantitative estimate of drug-likeness (QED) is 0.714. The molecule has 1 amide bonds. The number of amides is 1. The highest BCUT2D eigenvalue weighted by Gasteiger charge is 2.41. The smallest absolute Gasteiger partial charge is 0.410 e. The van der Waals surface area contributed by atoms with Crippen LogP contribution in [-0.2, 0) is 11.2 Å². The highest BCUT2D eigenvalue weighted by Crippen LogP contribution is 2.41. The minimum Gasteiger partial charge on any atom is -0.444 e. The number of fused-ring (bicyclic) bond motifs is 3. The summed E-state index contributed by atoms with van der Waals surface area (Å²) >= 11 is 3.48. The van der Waals surface area contributed by atoms with Gasteiger partial charge in [0.15, 0.2) is 0 Å². The molecule has 2 heterocycles. The van der Waals surface area contributed by atoms with Crippen molar-refractivity contribution in [2.24, 2.45) is 5.92 Å². The lowest BCUT2D eigenvalue weighted by atomic mass is 9.80. The number of nitrogens with zero attached hydrogens (tertiary/aromatic N) is 2. The van der Waals surface area contributed by atoms with Crippen molar-refractivity contribution in [3.63, 3.8) is 0 Å². The highest BCUT2D eigenvalue weighted by molar-refractivity contribution is 9.10. The first-order valence-electron chi connectivity index (χ1n) is 7.46. The van der Waals surface area contributed by atoms with Gasteiger partial charge in [-0.15, -0.1) is 0 Å². The molecule has 1 aliphatic heterocycles. The third kappa shape index (κ3) is 3.07. The number of ether oxygens (including phenoxy) is 1. The summed E-state index contributed by atoms with van der Waals surface area (Å²) in [5.41, 5.74) is 2.04. The fourth-order valence-corrected chi connectivity index (χ4v) is 3.69. The summed E-state index contributed by atoms with van der Waals surface area (Å²) in [6.07, 6.45) is 3.83. The minimum atomic E-state index is -0.439. The van der Waals surface area contributed by atoms with Crippen molar-refractivity contribution in [1.29, 1.82) is 0 Å². The zero-order valence-electron chi connectivity index (χ0n) is 12.7. The molecule has 0 N–H and O–H groups in total. The fourth-order valence-electron chi connectivity index (χ4n) is 3.32. The predicted octanol–water partition coefficient (Wildman–Crippen LogP) is 3.74. The van der Waals surface area contributed by atoms with Crippen molar-refractivity contribution >= 4 is 22.0 Å². The first kappa shape index (κ1) is 14.8. The van der Waals surface area contributed by atoms with E-state index in [0.29, 0.717) is 11.8 Å². The van der Waals surface area contributed by atoms with E-state index in [4.69, 9.17) is 4.74 Å². The third-order valence-electron chi connectivity index (χ3n) is 4.20. The molecular formula is C16H21BrN2O2. The monoisotopic (exact) mass is 352 g/mol. The lowest BCUT2D eigenvalue weighted by Crippen LogP contribution is -2.35. The van der Waals surface area contributed by atoms with E-state index in [1.165, 1.54) is 11.3 Å². The Morgan fingerprint density at radius 2 is 2.19 bits per heavy atom. The number of likely N-dealkylation sites (tertiary alicyclic amines) is 1. The number of halogens is 1. The largest absolute Gasteiger partial charge is 0.444 e. The molecule has 0 spiro atoms. The number of aryl methyl sites for hydroxylation is 1. The first-order valence-corrected chi connectivity index (χ1v) is 8.25. The van der Waals surface area contributed by atoms with Crippen molar-refractivity contribution < 1.29 is 9.53 Å². The van der Waals surface area contributed by atoms with Gasteiger partial charge in [0, 0.05) is 35.4 Å². The van der Waals surface area contributed by atoms with Crippen LogP contribution in [0.2, 0.25) is 0 Å². The van der Waals surface area contributed by atoms with E-state index in [1.54, 1.807) is 0 Å². The molecule has 1 fully saturated rings. The Balaban J connectivity index is 1.77. The molecule has 2 unspecified atom stereocenters. The molecule has 1 aromatic heterocycles. The SMILES string of the molecule is CC(C)(C)OC(=O)N1CC2CCc3cc(Br)cnc3C2C1. The van der Waals surface area contributed by atoms with Crippen LogP contribution in [0.3, 0.4) is 0 Å². The van der Waals surface area contributed by atoms with Crippen molar-refractivity contribution in [2.75, 3.05) is 13.1 Å². The van der Waals surface area contributed by atoms with E-state index in [9.17, 15) is 4.79 Å². The molecule has 2 atom stereocenters. The summed E-state index contributed by atoms with van der Waals surface area (Å²) in [5, 5.41) is 0. The molecular weight excluding hydrogens is 332 g/mol. The van der Waals surface area contributed by atoms with Crippen LogP contribution in [0.5, 0.6) is 0 Å². The Morgan fingerprint density at radius 1 is 1.43 bits per heavy atom. The van der Waals surface area contributed by atoms with E-state index in [1.807, 2.05) is 31.9 Å². The fraction of sp³-hybridized carbons (Fsp3) is 0.625. The lowest BCUT2D eigenvalue weighted by Gasteiger charge is -2.25. The summed E-state index contributed by atoms with van der Waals surface area (Å²) < 4.78 is 6.52. The topological polar surface area (TPSA) is 42.4 Å². The Labute approximate surface area is 134 Å². The van der Waals surface area contributed by atoms with Gasteiger partial charge in [-0.1, -0.05) is 0 Å². The zero-order valence-corrected chi connectivity index (χ0v) is 14.3. The molecule has 3 rings (SSSR count). The number of aromatic nitrogens is 1.